The van der Waals surface area contributed by atoms with Crippen LogP contribution in [0.1, 0.15) is 0 Å². The van der Waals surface area contributed by atoms with E-state index in [1.54, 1.807) is 5.32 Å². The van der Waals surface area contributed by atoms with Gasteiger partial charge in [0.05, 0.1) is 10.8 Å². The molecule has 0 aromatic heterocycles. The number of hydrogen-bond acceptors (Lipinski definition) is 4. The summed E-state index contributed by atoms with van der Waals surface area (Å²) in [5, 5.41) is 1.67. The fourth-order valence-corrected chi connectivity index (χ4v) is 5.12. The number of rotatable bonds is 4. The third kappa shape index (κ3) is 4.36. The van der Waals surface area contributed by atoms with Gasteiger partial charge in [0.25, 0.3) is 0 Å². The molecule has 11 heteroatoms. The lowest BCUT2D eigenvalue weighted by Crippen LogP contribution is -2.49. The van der Waals surface area contributed by atoms with E-state index in [0.29, 0.717) is 0 Å². The predicted octanol–water partition coefficient (Wildman–Crippen LogP) is 1.57. The van der Waals surface area contributed by atoms with E-state index in [1.165, 1.54) is 6.07 Å². The Labute approximate surface area is 134 Å². The highest BCUT2D eigenvalue weighted by molar-refractivity contribution is 8.00. The minimum Gasteiger partial charge on any atom is -0.346 e. The van der Waals surface area contributed by atoms with Crippen molar-refractivity contribution in [3.8, 4) is 0 Å². The minimum atomic E-state index is -4.59. The van der Waals surface area contributed by atoms with Gasteiger partial charge in [-0.05, 0) is 18.2 Å². The molecule has 2 rings (SSSR count). The second-order valence-corrected chi connectivity index (χ2v) is 7.59. The molecule has 128 valence electrons. The standard InChI is InChI=1S/C12H12F4N2O3S2/c13-8-2-1-3-9(4-8)23(20,21)18-7-22-5-10(18)11(19)17-6-12(14,15)16/h1-4,10H,5-7H2,(H,17,19)/t10-/m1/s1. The Balaban J connectivity index is 2.19. The molecule has 0 aliphatic carbocycles. The third-order valence-electron chi connectivity index (χ3n) is 3.01. The molecule has 0 spiro atoms. The molecule has 1 fully saturated rings. The summed E-state index contributed by atoms with van der Waals surface area (Å²) in [4.78, 5) is 11.5. The van der Waals surface area contributed by atoms with E-state index < -0.39 is 40.5 Å². The molecule has 23 heavy (non-hydrogen) atoms. The first-order chi connectivity index (χ1) is 10.6. The lowest BCUT2D eigenvalue weighted by atomic mass is 10.3. The number of sulfonamides is 1. The van der Waals surface area contributed by atoms with Crippen LogP contribution >= 0.6 is 11.8 Å². The van der Waals surface area contributed by atoms with Crippen molar-refractivity contribution in [2.24, 2.45) is 0 Å². The van der Waals surface area contributed by atoms with Crippen molar-refractivity contribution in [1.29, 1.82) is 0 Å². The first kappa shape index (κ1) is 18.0. The van der Waals surface area contributed by atoms with Crippen LogP contribution in [0, 0.1) is 5.82 Å². The van der Waals surface area contributed by atoms with Gasteiger partial charge in [0.1, 0.15) is 18.4 Å². The molecular weight excluding hydrogens is 360 g/mol. The number of nitrogens with one attached hydrogen (secondary N) is 1. The van der Waals surface area contributed by atoms with E-state index >= 15 is 0 Å². The number of alkyl halides is 3. The van der Waals surface area contributed by atoms with Crippen LogP contribution in [0.25, 0.3) is 0 Å². The Bertz CT molecular complexity index is 694. The average molecular weight is 372 g/mol. The monoisotopic (exact) mass is 372 g/mol. The number of thioether (sulfide) groups is 1. The number of amides is 1. The molecule has 1 aromatic carbocycles. The van der Waals surface area contributed by atoms with Crippen molar-refractivity contribution in [3.05, 3.63) is 30.1 Å². The van der Waals surface area contributed by atoms with Gasteiger partial charge in [0.2, 0.25) is 15.9 Å². The number of carbonyl (C=O) groups excluding carboxylic acids is 1. The van der Waals surface area contributed by atoms with Gasteiger partial charge in [-0.15, -0.1) is 11.8 Å². The number of carbonyl (C=O) groups is 1. The van der Waals surface area contributed by atoms with Gasteiger partial charge in [-0.2, -0.15) is 17.5 Å². The first-order valence-electron chi connectivity index (χ1n) is 6.31. The Morgan fingerprint density at radius 2 is 2.09 bits per heavy atom. The van der Waals surface area contributed by atoms with Crippen LogP contribution in [0.2, 0.25) is 0 Å². The zero-order valence-electron chi connectivity index (χ0n) is 11.5. The van der Waals surface area contributed by atoms with E-state index in [1.807, 2.05) is 0 Å². The molecule has 1 aliphatic rings. The zero-order chi connectivity index (χ0) is 17.3. The van der Waals surface area contributed by atoms with Gasteiger partial charge in [-0.1, -0.05) is 6.07 Å². The third-order valence-corrected chi connectivity index (χ3v) is 6.04. The summed E-state index contributed by atoms with van der Waals surface area (Å²) in [6.07, 6.45) is -4.59. The van der Waals surface area contributed by atoms with Gasteiger partial charge in [-0.3, -0.25) is 4.79 Å². The lowest BCUT2D eigenvalue weighted by molar-refractivity contribution is -0.140. The largest absolute Gasteiger partial charge is 0.405 e. The summed E-state index contributed by atoms with van der Waals surface area (Å²) in [6.45, 7) is -1.54. The Morgan fingerprint density at radius 1 is 1.39 bits per heavy atom. The van der Waals surface area contributed by atoms with Gasteiger partial charge in [0.15, 0.2) is 0 Å². The predicted molar refractivity (Wildman–Crippen MR) is 75.6 cm³/mol. The van der Waals surface area contributed by atoms with Crippen LogP contribution in [0.5, 0.6) is 0 Å². The molecule has 1 amide bonds. The quantitative estimate of drug-likeness (QED) is 0.815. The number of benzene rings is 1. The molecule has 1 atom stereocenters. The maximum atomic E-state index is 13.2. The van der Waals surface area contributed by atoms with Crippen LogP contribution in [-0.2, 0) is 14.8 Å². The molecule has 1 saturated heterocycles. The highest BCUT2D eigenvalue weighted by atomic mass is 32.2. The van der Waals surface area contributed by atoms with E-state index in [9.17, 15) is 30.8 Å². The Kier molecular flexibility index (Phi) is 5.21. The average Bonchev–Trinajstić information content (AvgIpc) is 2.94. The summed E-state index contributed by atoms with van der Waals surface area (Å²) in [6, 6.07) is 2.94. The van der Waals surface area contributed by atoms with Gasteiger partial charge < -0.3 is 5.32 Å². The van der Waals surface area contributed by atoms with Crippen molar-refractivity contribution in [3.63, 3.8) is 0 Å². The number of hydrogen-bond donors (Lipinski definition) is 1. The molecule has 1 N–H and O–H groups in total. The Hall–Kier alpha value is -1.33. The first-order valence-corrected chi connectivity index (χ1v) is 8.90. The fourth-order valence-electron chi connectivity index (χ4n) is 1.94. The van der Waals surface area contributed by atoms with E-state index in [4.69, 9.17) is 0 Å². The molecule has 1 aliphatic heterocycles. The fraction of sp³-hybridized carbons (Fsp3) is 0.417. The molecule has 5 nitrogen and oxygen atoms in total. The smallest absolute Gasteiger partial charge is 0.346 e. The summed E-state index contributed by atoms with van der Waals surface area (Å²) in [7, 11) is -4.18. The molecule has 0 radical (unpaired) electrons. The summed E-state index contributed by atoms with van der Waals surface area (Å²) < 4.78 is 75.3. The van der Waals surface area contributed by atoms with E-state index in [0.717, 1.165) is 34.3 Å². The maximum absolute atomic E-state index is 13.2. The molecular formula is C12H12F4N2O3S2. The van der Waals surface area contributed by atoms with Crippen molar-refractivity contribution < 1.29 is 30.8 Å². The van der Waals surface area contributed by atoms with E-state index in [2.05, 4.69) is 0 Å². The van der Waals surface area contributed by atoms with Crippen molar-refractivity contribution >= 4 is 27.7 Å². The molecule has 0 bridgehead atoms. The van der Waals surface area contributed by atoms with E-state index in [-0.39, 0.29) is 16.5 Å². The summed E-state index contributed by atoms with van der Waals surface area (Å²) >= 11 is 1.09. The van der Waals surface area contributed by atoms with Crippen LogP contribution in [0.3, 0.4) is 0 Å². The normalized spacial score (nSPS) is 19.7. The summed E-state index contributed by atoms with van der Waals surface area (Å²) in [5.74, 6) is -1.87. The van der Waals surface area contributed by atoms with Crippen molar-refractivity contribution in [1.82, 2.24) is 9.62 Å². The van der Waals surface area contributed by atoms with Gasteiger partial charge in [0, 0.05) is 5.75 Å². The molecule has 0 saturated carbocycles. The van der Waals surface area contributed by atoms with Gasteiger partial charge in [-0.25, -0.2) is 12.8 Å². The van der Waals surface area contributed by atoms with Crippen LogP contribution in [0.15, 0.2) is 29.2 Å². The second-order valence-electron chi connectivity index (χ2n) is 4.70. The highest BCUT2D eigenvalue weighted by Crippen LogP contribution is 2.28. The number of halogens is 4. The van der Waals surface area contributed by atoms with Crippen LogP contribution in [-0.4, -0.2) is 49.0 Å². The SMILES string of the molecule is O=C(NCC(F)(F)F)[C@H]1CSCN1S(=O)(=O)c1cccc(F)c1. The van der Waals surface area contributed by atoms with Gasteiger partial charge >= 0.3 is 6.18 Å². The Morgan fingerprint density at radius 3 is 2.70 bits per heavy atom. The number of nitrogens with zero attached hydrogens (tertiary/aromatic N) is 1. The zero-order valence-corrected chi connectivity index (χ0v) is 13.1. The molecule has 1 heterocycles. The van der Waals surface area contributed by atoms with Crippen molar-refractivity contribution in [2.75, 3.05) is 18.2 Å². The second kappa shape index (κ2) is 6.65. The summed E-state index contributed by atoms with van der Waals surface area (Å²) in [5.41, 5.74) is 0. The maximum Gasteiger partial charge on any atom is 0.405 e. The molecule has 0 unspecified atom stereocenters. The molecule has 1 aromatic rings. The van der Waals surface area contributed by atoms with Crippen LogP contribution in [0.4, 0.5) is 17.6 Å². The topological polar surface area (TPSA) is 66.5 Å². The van der Waals surface area contributed by atoms with Crippen LogP contribution < -0.4 is 5.32 Å². The minimum absolute atomic E-state index is 0.0260. The van der Waals surface area contributed by atoms with Crippen molar-refractivity contribution in [2.45, 2.75) is 17.1 Å². The highest BCUT2D eigenvalue weighted by Gasteiger charge is 2.41. The lowest BCUT2D eigenvalue weighted by Gasteiger charge is -2.22.